The van der Waals surface area contributed by atoms with Crippen molar-refractivity contribution in [2.24, 2.45) is 5.41 Å². The Morgan fingerprint density at radius 2 is 1.18 bits per heavy atom. The van der Waals surface area contributed by atoms with E-state index in [1.54, 1.807) is 58.9 Å². The molecule has 0 saturated carbocycles. The van der Waals surface area contributed by atoms with Crippen molar-refractivity contribution in [3.8, 4) is 0 Å². The van der Waals surface area contributed by atoms with Crippen molar-refractivity contribution in [3.63, 3.8) is 0 Å². The van der Waals surface area contributed by atoms with E-state index in [9.17, 15) is 33.9 Å². The van der Waals surface area contributed by atoms with Crippen molar-refractivity contribution in [3.05, 3.63) is 101 Å². The first kappa shape index (κ1) is 33.0. The van der Waals surface area contributed by atoms with Crippen molar-refractivity contribution < 1.29 is 43.3 Å². The highest BCUT2D eigenvalue weighted by molar-refractivity contribution is 6.00. The molecule has 0 fully saturated rings. The topological polar surface area (TPSA) is 177 Å². The molecule has 0 spiro atoms. The van der Waals surface area contributed by atoms with Crippen molar-refractivity contribution in [2.75, 3.05) is 5.32 Å². The van der Waals surface area contributed by atoms with Crippen LogP contribution in [0.1, 0.15) is 63.0 Å². The first-order valence-electron chi connectivity index (χ1n) is 13.5. The molecule has 0 radical (unpaired) electrons. The van der Waals surface area contributed by atoms with Gasteiger partial charge in [0.05, 0.1) is 11.1 Å². The van der Waals surface area contributed by atoms with Crippen LogP contribution in [0, 0.1) is 19.3 Å². The molecule has 0 heterocycles. The number of carbonyl (C=O) groups is 6. The van der Waals surface area contributed by atoms with Crippen LogP contribution in [0.5, 0.6) is 0 Å². The van der Waals surface area contributed by atoms with Gasteiger partial charge in [-0.25, -0.2) is 14.4 Å². The predicted molar refractivity (Wildman–Crippen MR) is 159 cm³/mol. The van der Waals surface area contributed by atoms with Gasteiger partial charge < -0.3 is 19.9 Å². The minimum absolute atomic E-state index is 0.0101. The van der Waals surface area contributed by atoms with Gasteiger partial charge in [-0.1, -0.05) is 56.2 Å². The summed E-state index contributed by atoms with van der Waals surface area (Å²) in [4.78, 5) is 76.0. The monoisotopic (exact) mass is 603 g/mol. The van der Waals surface area contributed by atoms with Crippen LogP contribution in [-0.2, 0) is 23.9 Å². The highest BCUT2D eigenvalue weighted by Gasteiger charge is 2.41. The highest BCUT2D eigenvalue weighted by atomic mass is 16.6. The van der Waals surface area contributed by atoms with E-state index < -0.39 is 47.3 Å². The number of carbonyl (C=O) groups excluding carboxylic acids is 5. The van der Waals surface area contributed by atoms with Gasteiger partial charge in [-0.05, 0) is 62.4 Å². The lowest BCUT2D eigenvalue weighted by Crippen LogP contribution is -2.54. The highest BCUT2D eigenvalue weighted by Crippen LogP contribution is 2.18. The van der Waals surface area contributed by atoms with Crippen molar-refractivity contribution in [1.82, 2.24) is 10.9 Å². The fourth-order valence-electron chi connectivity index (χ4n) is 3.69. The Hall–Kier alpha value is -5.52. The molecule has 3 amide bonds. The van der Waals surface area contributed by atoms with Gasteiger partial charge in [0.2, 0.25) is 18.1 Å². The average Bonchev–Trinajstić information content (AvgIpc) is 2.97. The largest absolute Gasteiger partial charge is 0.478 e. The Balaban J connectivity index is 1.80. The number of amides is 3. The number of carboxylic acid groups (broad SMARTS) is 1. The van der Waals surface area contributed by atoms with Crippen molar-refractivity contribution in [2.45, 2.75) is 46.8 Å². The molecule has 3 rings (SSSR count). The maximum Gasteiger partial charge on any atom is 0.349 e. The minimum atomic E-state index is -2.28. The number of hydrogen-bond donors (Lipinski definition) is 4. The fraction of sp³-hybridized carbons (Fsp3) is 0.250. The van der Waals surface area contributed by atoms with Crippen LogP contribution in [0.25, 0.3) is 0 Å². The summed E-state index contributed by atoms with van der Waals surface area (Å²) >= 11 is 0. The number of carboxylic acids is 1. The first-order chi connectivity index (χ1) is 20.6. The smallest absolute Gasteiger partial charge is 0.349 e. The van der Waals surface area contributed by atoms with E-state index >= 15 is 0 Å². The molecule has 0 bridgehead atoms. The van der Waals surface area contributed by atoms with Crippen molar-refractivity contribution >= 4 is 41.3 Å². The molecule has 12 heteroatoms. The summed E-state index contributed by atoms with van der Waals surface area (Å²) in [5.41, 5.74) is 5.44. The summed E-state index contributed by atoms with van der Waals surface area (Å²) in [6.45, 7) is 8.67. The van der Waals surface area contributed by atoms with Gasteiger partial charge in [-0.2, -0.15) is 0 Å². The quantitative estimate of drug-likeness (QED) is 0.210. The van der Waals surface area contributed by atoms with E-state index in [4.69, 9.17) is 9.47 Å². The summed E-state index contributed by atoms with van der Waals surface area (Å²) in [7, 11) is 0. The molecule has 0 aliphatic rings. The van der Waals surface area contributed by atoms with Crippen LogP contribution in [0.3, 0.4) is 0 Å². The molecule has 3 aromatic rings. The number of hydrazine groups is 1. The molecular formula is C32H33N3O9. The van der Waals surface area contributed by atoms with Crippen LogP contribution in [0.2, 0.25) is 0 Å². The van der Waals surface area contributed by atoms with Gasteiger partial charge in [-0.3, -0.25) is 25.2 Å². The van der Waals surface area contributed by atoms with Crippen LogP contribution in [0.15, 0.2) is 72.8 Å². The second-order valence-corrected chi connectivity index (χ2v) is 11.0. The van der Waals surface area contributed by atoms with E-state index in [2.05, 4.69) is 10.7 Å². The number of aryl methyl sites for hydroxylation is 2. The van der Waals surface area contributed by atoms with Gasteiger partial charge in [0, 0.05) is 16.7 Å². The Labute approximate surface area is 253 Å². The molecule has 0 aliphatic carbocycles. The molecule has 0 aromatic heterocycles. The summed E-state index contributed by atoms with van der Waals surface area (Å²) in [6.07, 6.45) is -4.48. The van der Waals surface area contributed by atoms with Crippen LogP contribution in [-0.4, -0.2) is 52.9 Å². The normalized spacial score (nSPS) is 12.2. The number of esters is 2. The predicted octanol–water partition coefficient (Wildman–Crippen LogP) is 3.58. The Bertz CT molecular complexity index is 1580. The Morgan fingerprint density at radius 3 is 1.64 bits per heavy atom. The van der Waals surface area contributed by atoms with Gasteiger partial charge in [0.15, 0.2) is 0 Å². The summed E-state index contributed by atoms with van der Waals surface area (Å²) in [5, 5.41) is 12.6. The number of hydrogen-bond acceptors (Lipinski definition) is 8. The third-order valence-corrected chi connectivity index (χ3v) is 6.14. The lowest BCUT2D eigenvalue weighted by molar-refractivity contribution is -0.159. The van der Waals surface area contributed by atoms with Crippen LogP contribution in [0.4, 0.5) is 5.69 Å². The molecule has 12 nitrogen and oxygen atoms in total. The zero-order chi connectivity index (χ0) is 32.6. The zero-order valence-corrected chi connectivity index (χ0v) is 24.8. The van der Waals surface area contributed by atoms with E-state index in [-0.39, 0.29) is 22.6 Å². The minimum Gasteiger partial charge on any atom is -0.478 e. The second-order valence-electron chi connectivity index (χ2n) is 11.0. The zero-order valence-electron chi connectivity index (χ0n) is 24.8. The number of anilines is 1. The standard InChI is InChI=1S/C32H33N3O9/c1-18-8-6-10-21(16-18)29(40)43-24(25(28(38)39)44-30(41)22-11-7-9-19(2)17-22)27(37)35-34-26(36)20-12-14-23(15-13-20)33-31(42)32(3,4)5/h6-17,24-25H,1-5H3,(H,33,42)(H,34,36)(H,35,37)(H,38,39)/t24-,25-/m1/s1. The molecule has 0 aliphatic heterocycles. The summed E-state index contributed by atoms with van der Waals surface area (Å²) < 4.78 is 10.4. The lowest BCUT2D eigenvalue weighted by atomic mass is 9.95. The maximum atomic E-state index is 13.2. The number of rotatable bonds is 9. The molecule has 44 heavy (non-hydrogen) atoms. The molecule has 0 unspecified atom stereocenters. The molecule has 0 saturated heterocycles. The fourth-order valence-corrected chi connectivity index (χ4v) is 3.69. The number of aliphatic carboxylic acids is 1. The molecule has 3 aromatic carbocycles. The molecule has 2 atom stereocenters. The van der Waals surface area contributed by atoms with Gasteiger partial charge >= 0.3 is 17.9 Å². The Morgan fingerprint density at radius 1 is 0.682 bits per heavy atom. The lowest BCUT2D eigenvalue weighted by Gasteiger charge is -2.23. The van der Waals surface area contributed by atoms with Crippen molar-refractivity contribution in [1.29, 1.82) is 0 Å². The molecule has 230 valence electrons. The van der Waals surface area contributed by atoms with Crippen LogP contribution >= 0.6 is 0 Å². The first-order valence-corrected chi connectivity index (χ1v) is 13.5. The third kappa shape index (κ3) is 8.99. The summed E-state index contributed by atoms with van der Waals surface area (Å²) in [5.74, 6) is -6.23. The molecule has 4 N–H and O–H groups in total. The third-order valence-electron chi connectivity index (χ3n) is 6.14. The van der Waals surface area contributed by atoms with Crippen LogP contribution < -0.4 is 16.2 Å². The maximum absolute atomic E-state index is 13.2. The second kappa shape index (κ2) is 14.1. The van der Waals surface area contributed by atoms with E-state index in [0.717, 1.165) is 0 Å². The summed E-state index contributed by atoms with van der Waals surface area (Å²) in [6, 6.07) is 18.0. The Kier molecular flexibility index (Phi) is 10.6. The SMILES string of the molecule is Cc1cccc(C(=O)O[C@@H](C(=O)O)[C@@H](OC(=O)c2cccc(C)c2)C(=O)NNC(=O)c2ccc(NC(=O)C(C)(C)C)cc2)c1. The number of nitrogens with one attached hydrogen (secondary N) is 3. The van der Waals surface area contributed by atoms with Gasteiger partial charge in [-0.15, -0.1) is 0 Å². The number of benzene rings is 3. The number of ether oxygens (including phenoxy) is 2. The van der Waals surface area contributed by atoms with Gasteiger partial charge in [0.25, 0.3) is 11.8 Å². The van der Waals surface area contributed by atoms with E-state index in [0.29, 0.717) is 16.8 Å². The van der Waals surface area contributed by atoms with E-state index in [1.165, 1.54) is 48.5 Å². The average molecular weight is 604 g/mol. The van der Waals surface area contributed by atoms with Gasteiger partial charge in [0.1, 0.15) is 0 Å². The molecular weight excluding hydrogens is 570 g/mol. The van der Waals surface area contributed by atoms with E-state index in [1.807, 2.05) is 5.43 Å².